The van der Waals surface area contributed by atoms with Gasteiger partial charge in [-0.15, -0.1) is 0 Å². The van der Waals surface area contributed by atoms with Gasteiger partial charge in [0.15, 0.2) is 0 Å². The smallest absolute Gasteiger partial charge is 0.246 e. The monoisotopic (exact) mass is 274 g/mol. The molecule has 0 amide bonds. The summed E-state index contributed by atoms with van der Waals surface area (Å²) in [5.41, 5.74) is 6.57. The molecule has 1 fully saturated rings. The van der Waals surface area contributed by atoms with Crippen LogP contribution in [-0.2, 0) is 14.8 Å². The minimum Gasteiger partial charge on any atom is -0.374 e. The fraction of sp³-hybridized carbons (Fsp3) is 0.700. The second-order valence-corrected chi connectivity index (χ2v) is 6.23. The second kappa shape index (κ2) is 4.96. The van der Waals surface area contributed by atoms with E-state index < -0.39 is 10.0 Å². The van der Waals surface area contributed by atoms with Crippen LogP contribution in [0.5, 0.6) is 0 Å². The van der Waals surface area contributed by atoms with Gasteiger partial charge >= 0.3 is 0 Å². The van der Waals surface area contributed by atoms with E-state index in [1.54, 1.807) is 13.8 Å². The van der Waals surface area contributed by atoms with Gasteiger partial charge in [-0.3, -0.25) is 5.10 Å². The van der Waals surface area contributed by atoms with E-state index in [2.05, 4.69) is 10.2 Å². The molecule has 0 spiro atoms. The van der Waals surface area contributed by atoms with Crippen LogP contribution in [0.15, 0.2) is 4.90 Å². The van der Waals surface area contributed by atoms with Crippen LogP contribution in [-0.4, -0.2) is 55.3 Å². The van der Waals surface area contributed by atoms with Gasteiger partial charge in [-0.2, -0.15) is 9.40 Å². The first-order chi connectivity index (χ1) is 8.46. The van der Waals surface area contributed by atoms with Crippen LogP contribution in [0.2, 0.25) is 0 Å². The van der Waals surface area contributed by atoms with Crippen LogP contribution in [0.1, 0.15) is 11.4 Å². The molecule has 0 saturated carbocycles. The van der Waals surface area contributed by atoms with Crippen molar-refractivity contribution in [3.05, 3.63) is 11.4 Å². The summed E-state index contributed by atoms with van der Waals surface area (Å²) in [6.45, 7) is 4.71. The molecule has 1 aromatic heterocycles. The molecule has 1 aliphatic rings. The highest BCUT2D eigenvalue weighted by Crippen LogP contribution is 2.23. The van der Waals surface area contributed by atoms with Gasteiger partial charge < -0.3 is 10.5 Å². The highest BCUT2D eigenvalue weighted by Gasteiger charge is 2.33. The summed E-state index contributed by atoms with van der Waals surface area (Å²) in [6, 6.07) is 0. The number of morpholine rings is 1. The summed E-state index contributed by atoms with van der Waals surface area (Å²) in [7, 11) is -3.52. The fourth-order valence-electron chi connectivity index (χ4n) is 2.10. The molecule has 1 saturated heterocycles. The summed E-state index contributed by atoms with van der Waals surface area (Å²) in [5, 5.41) is 6.63. The number of rotatable bonds is 3. The van der Waals surface area contributed by atoms with Crippen molar-refractivity contribution in [3.8, 4) is 0 Å². The zero-order chi connectivity index (χ0) is 13.3. The molecule has 18 heavy (non-hydrogen) atoms. The Balaban J connectivity index is 2.31. The number of aromatic amines is 1. The summed E-state index contributed by atoms with van der Waals surface area (Å²) >= 11 is 0. The summed E-state index contributed by atoms with van der Waals surface area (Å²) < 4.78 is 31.8. The Bertz CT molecular complexity index is 506. The number of sulfonamides is 1. The Kier molecular flexibility index (Phi) is 3.71. The Morgan fingerprint density at radius 1 is 1.56 bits per heavy atom. The van der Waals surface area contributed by atoms with Crippen LogP contribution in [0.4, 0.5) is 0 Å². The van der Waals surface area contributed by atoms with Crippen molar-refractivity contribution >= 4 is 10.0 Å². The Morgan fingerprint density at radius 3 is 2.83 bits per heavy atom. The largest absolute Gasteiger partial charge is 0.374 e. The van der Waals surface area contributed by atoms with E-state index in [0.29, 0.717) is 37.6 Å². The molecule has 1 atom stereocenters. The molecule has 8 heteroatoms. The number of nitrogens with one attached hydrogen (secondary N) is 1. The molecule has 1 aliphatic heterocycles. The SMILES string of the molecule is Cc1n[nH]c(C)c1S(=O)(=O)N1CCOC(CN)C1. The van der Waals surface area contributed by atoms with E-state index in [0.717, 1.165) is 0 Å². The number of H-pyrrole nitrogens is 1. The van der Waals surface area contributed by atoms with E-state index in [9.17, 15) is 8.42 Å². The lowest BCUT2D eigenvalue weighted by molar-refractivity contribution is 0.00448. The van der Waals surface area contributed by atoms with Gasteiger partial charge in [0.05, 0.1) is 24.1 Å². The molecule has 102 valence electrons. The van der Waals surface area contributed by atoms with Crippen LogP contribution in [0.3, 0.4) is 0 Å². The molecule has 2 heterocycles. The van der Waals surface area contributed by atoms with Gasteiger partial charge in [-0.25, -0.2) is 8.42 Å². The average molecular weight is 274 g/mol. The molecule has 1 unspecified atom stereocenters. The lowest BCUT2D eigenvalue weighted by Crippen LogP contribution is -2.48. The maximum atomic E-state index is 12.5. The second-order valence-electron chi connectivity index (χ2n) is 4.35. The third kappa shape index (κ3) is 2.28. The Hall–Kier alpha value is -0.960. The van der Waals surface area contributed by atoms with Crippen LogP contribution >= 0.6 is 0 Å². The zero-order valence-electron chi connectivity index (χ0n) is 10.5. The molecular formula is C10H18N4O3S. The number of nitrogens with two attached hydrogens (primary N) is 1. The molecule has 0 bridgehead atoms. The molecule has 0 aliphatic carbocycles. The van der Waals surface area contributed by atoms with E-state index in [-0.39, 0.29) is 11.0 Å². The topological polar surface area (TPSA) is 101 Å². The minimum absolute atomic E-state index is 0.235. The predicted octanol–water partition coefficient (Wildman–Crippen LogP) is -0.625. The highest BCUT2D eigenvalue weighted by atomic mass is 32.2. The van der Waals surface area contributed by atoms with E-state index in [1.807, 2.05) is 0 Å². The fourth-order valence-corrected chi connectivity index (χ4v) is 3.89. The van der Waals surface area contributed by atoms with Gasteiger partial charge in [0, 0.05) is 19.6 Å². The van der Waals surface area contributed by atoms with E-state index >= 15 is 0 Å². The molecule has 1 aromatic rings. The maximum Gasteiger partial charge on any atom is 0.246 e. The van der Waals surface area contributed by atoms with Gasteiger partial charge in [0.25, 0.3) is 0 Å². The molecule has 2 rings (SSSR count). The summed E-state index contributed by atoms with van der Waals surface area (Å²) in [6.07, 6.45) is -0.235. The Labute approximate surface area is 106 Å². The third-order valence-corrected chi connectivity index (χ3v) is 5.15. The zero-order valence-corrected chi connectivity index (χ0v) is 11.3. The first-order valence-electron chi connectivity index (χ1n) is 5.80. The minimum atomic E-state index is -3.52. The van der Waals surface area contributed by atoms with Crippen LogP contribution in [0.25, 0.3) is 0 Å². The average Bonchev–Trinajstić information content (AvgIpc) is 2.69. The van der Waals surface area contributed by atoms with Crippen LogP contribution in [0, 0.1) is 13.8 Å². The molecule has 0 radical (unpaired) electrons. The first-order valence-corrected chi connectivity index (χ1v) is 7.24. The van der Waals surface area contributed by atoms with Gasteiger partial charge in [0.2, 0.25) is 10.0 Å². The highest BCUT2D eigenvalue weighted by molar-refractivity contribution is 7.89. The number of hydrogen-bond donors (Lipinski definition) is 2. The number of nitrogens with zero attached hydrogens (tertiary/aromatic N) is 2. The number of aryl methyl sites for hydroxylation is 2. The predicted molar refractivity (Wildman–Crippen MR) is 65.6 cm³/mol. The van der Waals surface area contributed by atoms with Crippen molar-refractivity contribution in [1.82, 2.24) is 14.5 Å². The van der Waals surface area contributed by atoms with Crippen molar-refractivity contribution in [2.24, 2.45) is 5.73 Å². The van der Waals surface area contributed by atoms with Crippen molar-refractivity contribution in [2.45, 2.75) is 24.8 Å². The number of aromatic nitrogens is 2. The van der Waals surface area contributed by atoms with Gasteiger partial charge in [0.1, 0.15) is 4.90 Å². The van der Waals surface area contributed by atoms with Gasteiger partial charge in [-0.05, 0) is 13.8 Å². The van der Waals surface area contributed by atoms with Crippen molar-refractivity contribution in [2.75, 3.05) is 26.2 Å². The number of hydrogen-bond acceptors (Lipinski definition) is 5. The first kappa shape index (κ1) is 13.5. The van der Waals surface area contributed by atoms with Crippen molar-refractivity contribution in [1.29, 1.82) is 0 Å². The quantitative estimate of drug-likeness (QED) is 0.764. The lowest BCUT2D eigenvalue weighted by atomic mass is 10.3. The van der Waals surface area contributed by atoms with Gasteiger partial charge in [-0.1, -0.05) is 0 Å². The molecule has 3 N–H and O–H groups in total. The van der Waals surface area contributed by atoms with Crippen molar-refractivity contribution < 1.29 is 13.2 Å². The molecule has 7 nitrogen and oxygen atoms in total. The summed E-state index contributed by atoms with van der Waals surface area (Å²) in [5.74, 6) is 0. The maximum absolute atomic E-state index is 12.5. The summed E-state index contributed by atoms with van der Waals surface area (Å²) in [4.78, 5) is 0.264. The van der Waals surface area contributed by atoms with Crippen molar-refractivity contribution in [3.63, 3.8) is 0 Å². The normalized spacial score (nSPS) is 22.3. The standard InChI is InChI=1S/C10H18N4O3S/c1-7-10(8(2)13-12-7)18(15,16)14-3-4-17-9(5-11)6-14/h9H,3-6,11H2,1-2H3,(H,12,13). The number of ether oxygens (including phenoxy) is 1. The van der Waals surface area contributed by atoms with Crippen LogP contribution < -0.4 is 5.73 Å². The molecular weight excluding hydrogens is 256 g/mol. The third-order valence-electron chi connectivity index (χ3n) is 3.02. The molecule has 0 aromatic carbocycles. The lowest BCUT2D eigenvalue weighted by Gasteiger charge is -2.31. The van der Waals surface area contributed by atoms with E-state index in [1.165, 1.54) is 4.31 Å². The Morgan fingerprint density at radius 2 is 2.28 bits per heavy atom. The van der Waals surface area contributed by atoms with E-state index in [4.69, 9.17) is 10.5 Å².